The molecule has 0 bridgehead atoms. The van der Waals surface area contributed by atoms with Crippen molar-refractivity contribution in [1.29, 1.82) is 0 Å². The Morgan fingerprint density at radius 2 is 2.00 bits per heavy atom. The summed E-state index contributed by atoms with van der Waals surface area (Å²) in [6, 6.07) is 13.4. The molecule has 3 aromatic rings. The van der Waals surface area contributed by atoms with Gasteiger partial charge in [-0.15, -0.1) is 0 Å². The van der Waals surface area contributed by atoms with Crippen LogP contribution in [0, 0.1) is 5.82 Å². The SMILES string of the molecule is O=C1CCCN(CCCNc2cc(-c3ccc(F)cc3)on2)c2ccc(Cl)cc21. The lowest BCUT2D eigenvalue weighted by molar-refractivity contribution is 0.0984. The predicted octanol–water partition coefficient (Wildman–Crippen LogP) is 5.42. The van der Waals surface area contributed by atoms with Crippen LogP contribution in [0.2, 0.25) is 5.02 Å². The molecule has 1 aliphatic heterocycles. The summed E-state index contributed by atoms with van der Waals surface area (Å²) in [7, 11) is 0. The Kier molecular flexibility index (Phi) is 5.81. The smallest absolute Gasteiger partial charge is 0.170 e. The molecule has 0 fully saturated rings. The number of hydrogen-bond acceptors (Lipinski definition) is 5. The fourth-order valence-electron chi connectivity index (χ4n) is 3.52. The second-order valence-electron chi connectivity index (χ2n) is 7.04. The van der Waals surface area contributed by atoms with E-state index in [0.29, 0.717) is 35.1 Å². The second-order valence-corrected chi connectivity index (χ2v) is 7.48. The normalized spacial score (nSPS) is 13.9. The van der Waals surface area contributed by atoms with E-state index in [1.54, 1.807) is 24.3 Å². The van der Waals surface area contributed by atoms with Crippen LogP contribution in [0.25, 0.3) is 11.3 Å². The van der Waals surface area contributed by atoms with Crippen molar-refractivity contribution in [2.75, 3.05) is 29.9 Å². The van der Waals surface area contributed by atoms with Gasteiger partial charge in [0, 0.05) is 54.0 Å². The Labute approximate surface area is 173 Å². The molecule has 150 valence electrons. The van der Waals surface area contributed by atoms with E-state index >= 15 is 0 Å². The first-order valence-electron chi connectivity index (χ1n) is 9.64. The van der Waals surface area contributed by atoms with Gasteiger partial charge < -0.3 is 14.7 Å². The van der Waals surface area contributed by atoms with Crippen LogP contribution in [-0.4, -0.2) is 30.6 Å². The van der Waals surface area contributed by atoms with Gasteiger partial charge in [0.1, 0.15) is 5.82 Å². The summed E-state index contributed by atoms with van der Waals surface area (Å²) in [5, 5.41) is 7.85. The lowest BCUT2D eigenvalue weighted by atomic mass is 10.1. The third-order valence-electron chi connectivity index (χ3n) is 4.98. The summed E-state index contributed by atoms with van der Waals surface area (Å²) in [6.07, 6.45) is 2.26. The molecule has 2 aromatic carbocycles. The Morgan fingerprint density at radius 1 is 1.17 bits per heavy atom. The molecular formula is C22H21ClFN3O2. The Hall–Kier alpha value is -2.86. The first-order valence-corrected chi connectivity index (χ1v) is 10.0. The van der Waals surface area contributed by atoms with E-state index < -0.39 is 0 Å². The summed E-state index contributed by atoms with van der Waals surface area (Å²) in [6.45, 7) is 2.37. The van der Waals surface area contributed by atoms with Gasteiger partial charge in [-0.1, -0.05) is 16.8 Å². The predicted molar refractivity (Wildman–Crippen MR) is 112 cm³/mol. The zero-order chi connectivity index (χ0) is 20.2. The van der Waals surface area contributed by atoms with Crippen molar-refractivity contribution in [3.05, 3.63) is 64.9 Å². The summed E-state index contributed by atoms with van der Waals surface area (Å²) in [5.74, 6) is 1.09. The van der Waals surface area contributed by atoms with Gasteiger partial charge in [-0.05, 0) is 55.3 Å². The average Bonchev–Trinajstić information content (AvgIpc) is 3.13. The molecule has 1 aromatic heterocycles. The van der Waals surface area contributed by atoms with E-state index in [2.05, 4.69) is 15.4 Å². The van der Waals surface area contributed by atoms with Crippen molar-refractivity contribution in [2.24, 2.45) is 0 Å². The molecule has 1 N–H and O–H groups in total. The van der Waals surface area contributed by atoms with Crippen molar-refractivity contribution in [1.82, 2.24) is 5.16 Å². The van der Waals surface area contributed by atoms with Crippen LogP contribution in [0.1, 0.15) is 29.6 Å². The van der Waals surface area contributed by atoms with E-state index in [1.807, 2.05) is 12.1 Å². The van der Waals surface area contributed by atoms with Crippen molar-refractivity contribution >= 4 is 28.9 Å². The maximum absolute atomic E-state index is 13.0. The van der Waals surface area contributed by atoms with Crippen molar-refractivity contribution in [3.63, 3.8) is 0 Å². The third kappa shape index (κ3) is 4.59. The van der Waals surface area contributed by atoms with Crippen LogP contribution in [0.4, 0.5) is 15.9 Å². The van der Waals surface area contributed by atoms with Crippen molar-refractivity contribution in [2.45, 2.75) is 19.3 Å². The van der Waals surface area contributed by atoms with E-state index in [0.717, 1.165) is 37.2 Å². The van der Waals surface area contributed by atoms with E-state index in [1.165, 1.54) is 12.1 Å². The highest BCUT2D eigenvalue weighted by atomic mass is 35.5. The van der Waals surface area contributed by atoms with E-state index in [9.17, 15) is 9.18 Å². The lowest BCUT2D eigenvalue weighted by Crippen LogP contribution is -2.26. The van der Waals surface area contributed by atoms with Crippen LogP contribution in [0.15, 0.2) is 53.1 Å². The zero-order valence-electron chi connectivity index (χ0n) is 15.8. The zero-order valence-corrected chi connectivity index (χ0v) is 16.6. The highest BCUT2D eigenvalue weighted by Crippen LogP contribution is 2.29. The summed E-state index contributed by atoms with van der Waals surface area (Å²) in [4.78, 5) is 14.6. The molecule has 0 aliphatic carbocycles. The molecule has 4 rings (SSSR count). The largest absolute Gasteiger partial charge is 0.371 e. The first kappa shape index (κ1) is 19.5. The van der Waals surface area contributed by atoms with E-state index in [4.69, 9.17) is 16.1 Å². The number of aromatic nitrogens is 1. The summed E-state index contributed by atoms with van der Waals surface area (Å²) in [5.41, 5.74) is 2.44. The van der Waals surface area contributed by atoms with Gasteiger partial charge in [-0.3, -0.25) is 4.79 Å². The topological polar surface area (TPSA) is 58.4 Å². The molecule has 5 nitrogen and oxygen atoms in total. The van der Waals surface area contributed by atoms with Gasteiger partial charge >= 0.3 is 0 Å². The average molecular weight is 414 g/mol. The van der Waals surface area contributed by atoms with Crippen molar-refractivity contribution < 1.29 is 13.7 Å². The summed E-state index contributed by atoms with van der Waals surface area (Å²) < 4.78 is 18.4. The monoisotopic (exact) mass is 413 g/mol. The molecule has 7 heteroatoms. The quantitative estimate of drug-likeness (QED) is 0.547. The number of Topliss-reactive ketones (excluding diaryl/α,β-unsaturated/α-hetero) is 1. The Morgan fingerprint density at radius 3 is 2.83 bits per heavy atom. The van der Waals surface area contributed by atoms with Gasteiger partial charge in [0.2, 0.25) is 0 Å². The Balaban J connectivity index is 1.33. The van der Waals surface area contributed by atoms with Crippen LogP contribution in [-0.2, 0) is 0 Å². The number of ketones is 1. The maximum atomic E-state index is 13.0. The van der Waals surface area contributed by atoms with E-state index in [-0.39, 0.29) is 11.6 Å². The number of halogens is 2. The molecule has 29 heavy (non-hydrogen) atoms. The Bertz CT molecular complexity index is 1000. The molecule has 0 saturated heterocycles. The molecule has 2 heterocycles. The van der Waals surface area contributed by atoms with Crippen LogP contribution in [0.3, 0.4) is 0 Å². The molecule has 0 unspecified atom stereocenters. The number of rotatable bonds is 6. The molecule has 0 saturated carbocycles. The van der Waals surface area contributed by atoms with Gasteiger partial charge in [-0.25, -0.2) is 4.39 Å². The minimum absolute atomic E-state index is 0.152. The lowest BCUT2D eigenvalue weighted by Gasteiger charge is -2.24. The molecular weight excluding hydrogens is 393 g/mol. The number of anilines is 2. The fourth-order valence-corrected chi connectivity index (χ4v) is 3.69. The second kappa shape index (κ2) is 8.66. The molecule has 0 radical (unpaired) electrons. The molecule has 0 spiro atoms. The highest BCUT2D eigenvalue weighted by Gasteiger charge is 2.20. The highest BCUT2D eigenvalue weighted by molar-refractivity contribution is 6.31. The number of fused-ring (bicyclic) bond motifs is 1. The van der Waals surface area contributed by atoms with Crippen LogP contribution >= 0.6 is 11.6 Å². The minimum atomic E-state index is -0.286. The molecule has 0 amide bonds. The fraction of sp³-hybridized carbons (Fsp3) is 0.273. The number of nitrogens with zero attached hydrogens (tertiary/aromatic N) is 2. The number of benzene rings is 2. The number of carbonyl (C=O) groups excluding carboxylic acids is 1. The standard InChI is InChI=1S/C22H21ClFN3O2/c23-16-6-9-19-18(13-16)20(28)3-1-11-27(19)12-2-10-25-22-14-21(29-26-22)15-4-7-17(24)8-5-15/h4-9,13-14H,1-3,10-12H2,(H,25,26). The minimum Gasteiger partial charge on any atom is -0.371 e. The van der Waals surface area contributed by atoms with Gasteiger partial charge in [0.25, 0.3) is 0 Å². The maximum Gasteiger partial charge on any atom is 0.170 e. The number of carbonyl (C=O) groups is 1. The van der Waals surface area contributed by atoms with Gasteiger partial charge in [0.05, 0.1) is 0 Å². The third-order valence-corrected chi connectivity index (χ3v) is 5.22. The number of hydrogen-bond donors (Lipinski definition) is 1. The molecule has 0 atom stereocenters. The first-order chi connectivity index (χ1) is 14.1. The van der Waals surface area contributed by atoms with Crippen LogP contribution in [0.5, 0.6) is 0 Å². The van der Waals surface area contributed by atoms with Gasteiger partial charge in [0.15, 0.2) is 17.4 Å². The summed E-state index contributed by atoms with van der Waals surface area (Å²) >= 11 is 6.08. The number of nitrogens with one attached hydrogen (secondary N) is 1. The molecule has 1 aliphatic rings. The van der Waals surface area contributed by atoms with Gasteiger partial charge in [-0.2, -0.15) is 0 Å². The van der Waals surface area contributed by atoms with Crippen LogP contribution < -0.4 is 10.2 Å². The van der Waals surface area contributed by atoms with Crippen molar-refractivity contribution in [3.8, 4) is 11.3 Å².